The summed E-state index contributed by atoms with van der Waals surface area (Å²) in [4.78, 5) is 9.60. The van der Waals surface area contributed by atoms with Crippen molar-refractivity contribution in [2.75, 3.05) is 4.90 Å². The number of aromatic nitrogens is 2. The first-order valence-electron chi connectivity index (χ1n) is 7.97. The highest BCUT2D eigenvalue weighted by Gasteiger charge is 2.54. The number of hydrogen-bond donors (Lipinski definition) is 0. The molecule has 4 rings (SSSR count). The van der Waals surface area contributed by atoms with Crippen molar-refractivity contribution in [2.45, 2.75) is 39.4 Å². The minimum Gasteiger partial charge on any atom is -0.344 e. The first kappa shape index (κ1) is 13.4. The molecule has 0 amide bonds. The first-order chi connectivity index (χ1) is 10.6. The predicted molar refractivity (Wildman–Crippen MR) is 88.7 cm³/mol. The summed E-state index contributed by atoms with van der Waals surface area (Å²) in [6, 6.07) is 8.96. The van der Waals surface area contributed by atoms with E-state index in [-0.39, 0.29) is 5.66 Å². The second kappa shape index (κ2) is 4.38. The molecule has 0 saturated carbocycles. The molecule has 0 spiro atoms. The van der Waals surface area contributed by atoms with Crippen molar-refractivity contribution in [3.05, 3.63) is 54.9 Å². The molecule has 1 unspecified atom stereocenters. The monoisotopic (exact) mass is 294 g/mol. The molecule has 2 aliphatic rings. The second-order valence-corrected chi connectivity index (χ2v) is 6.66. The minimum atomic E-state index is -0.258. The summed E-state index contributed by atoms with van der Waals surface area (Å²) in [7, 11) is 0. The zero-order valence-electron chi connectivity index (χ0n) is 13.6. The molecule has 3 heterocycles. The maximum Gasteiger partial charge on any atom is 0.179 e. The van der Waals surface area contributed by atoms with E-state index in [1.807, 2.05) is 6.20 Å². The molecular weight excluding hydrogens is 272 g/mol. The SMILES string of the molecule is CC(C)N1C=CN2c3ccccc3-n3ccnc3C21C(C)C. The van der Waals surface area contributed by atoms with Crippen LogP contribution in [0.5, 0.6) is 0 Å². The highest BCUT2D eigenvalue weighted by atomic mass is 15.5. The molecule has 2 aromatic rings. The quantitative estimate of drug-likeness (QED) is 0.844. The van der Waals surface area contributed by atoms with Crippen LogP contribution in [-0.4, -0.2) is 20.5 Å². The van der Waals surface area contributed by atoms with E-state index in [0.717, 1.165) is 5.82 Å². The Bertz CT molecular complexity index is 743. The Morgan fingerprint density at radius 3 is 2.41 bits per heavy atom. The first-order valence-corrected chi connectivity index (χ1v) is 7.97. The van der Waals surface area contributed by atoms with Crippen LogP contribution in [-0.2, 0) is 5.66 Å². The van der Waals surface area contributed by atoms with Crippen molar-refractivity contribution in [1.29, 1.82) is 0 Å². The Kier molecular flexibility index (Phi) is 2.68. The van der Waals surface area contributed by atoms with Crippen LogP contribution in [0.25, 0.3) is 5.69 Å². The Morgan fingerprint density at radius 2 is 1.73 bits per heavy atom. The number of rotatable bonds is 2. The van der Waals surface area contributed by atoms with Crippen LogP contribution in [0.3, 0.4) is 0 Å². The van der Waals surface area contributed by atoms with Gasteiger partial charge in [-0.3, -0.25) is 4.57 Å². The molecule has 2 aliphatic heterocycles. The highest BCUT2D eigenvalue weighted by molar-refractivity contribution is 5.70. The number of benzene rings is 1. The van der Waals surface area contributed by atoms with Crippen molar-refractivity contribution in [3.8, 4) is 5.69 Å². The van der Waals surface area contributed by atoms with Gasteiger partial charge in [0.25, 0.3) is 0 Å². The van der Waals surface area contributed by atoms with E-state index in [2.05, 4.69) is 84.9 Å². The third kappa shape index (κ3) is 1.40. The number of anilines is 1. The van der Waals surface area contributed by atoms with Crippen LogP contribution in [0.2, 0.25) is 0 Å². The van der Waals surface area contributed by atoms with Gasteiger partial charge in [0.05, 0.1) is 11.4 Å². The van der Waals surface area contributed by atoms with Gasteiger partial charge in [-0.2, -0.15) is 0 Å². The average molecular weight is 294 g/mol. The fourth-order valence-corrected chi connectivity index (χ4v) is 4.02. The summed E-state index contributed by atoms with van der Waals surface area (Å²) in [5, 5.41) is 0. The molecule has 4 heteroatoms. The van der Waals surface area contributed by atoms with Gasteiger partial charge < -0.3 is 9.80 Å². The molecule has 0 fully saturated rings. The van der Waals surface area contributed by atoms with Gasteiger partial charge in [-0.25, -0.2) is 4.98 Å². The number of fused-ring (bicyclic) bond motifs is 6. The molecule has 1 aromatic heterocycles. The Morgan fingerprint density at radius 1 is 1.00 bits per heavy atom. The van der Waals surface area contributed by atoms with Crippen molar-refractivity contribution in [1.82, 2.24) is 14.5 Å². The van der Waals surface area contributed by atoms with E-state index >= 15 is 0 Å². The van der Waals surface area contributed by atoms with E-state index in [1.165, 1.54) is 11.4 Å². The van der Waals surface area contributed by atoms with Gasteiger partial charge >= 0.3 is 0 Å². The standard InChI is InChI=1S/C18H22N4/c1-13(2)18-17-19-9-10-20(17)15-7-5-6-8-16(15)22(18)12-11-21(18)14(3)4/h5-14H,1-4H3. The zero-order chi connectivity index (χ0) is 15.5. The zero-order valence-corrected chi connectivity index (χ0v) is 13.6. The lowest BCUT2D eigenvalue weighted by Crippen LogP contribution is -2.59. The number of hydrogen-bond acceptors (Lipinski definition) is 3. The molecule has 0 radical (unpaired) electrons. The Labute approximate surface area is 131 Å². The van der Waals surface area contributed by atoms with Crippen molar-refractivity contribution in [3.63, 3.8) is 0 Å². The van der Waals surface area contributed by atoms with Gasteiger partial charge in [0, 0.05) is 36.8 Å². The van der Waals surface area contributed by atoms with E-state index in [4.69, 9.17) is 4.98 Å². The largest absolute Gasteiger partial charge is 0.344 e. The topological polar surface area (TPSA) is 24.3 Å². The third-order valence-corrected chi connectivity index (χ3v) is 4.87. The summed E-state index contributed by atoms with van der Waals surface area (Å²) < 4.78 is 2.24. The summed E-state index contributed by atoms with van der Waals surface area (Å²) in [6.07, 6.45) is 8.41. The number of imidazole rings is 1. The van der Waals surface area contributed by atoms with Gasteiger partial charge in [0.2, 0.25) is 0 Å². The summed E-state index contributed by atoms with van der Waals surface area (Å²) in [6.45, 7) is 9.04. The lowest BCUT2D eigenvalue weighted by molar-refractivity contribution is 0.0686. The molecule has 0 bridgehead atoms. The van der Waals surface area contributed by atoms with Crippen LogP contribution in [0.15, 0.2) is 49.1 Å². The number of para-hydroxylation sites is 2. The fourth-order valence-electron chi connectivity index (χ4n) is 4.02. The lowest BCUT2D eigenvalue weighted by Gasteiger charge is -2.52. The van der Waals surface area contributed by atoms with Crippen LogP contribution >= 0.6 is 0 Å². The van der Waals surface area contributed by atoms with E-state index < -0.39 is 0 Å². The average Bonchev–Trinajstić information content (AvgIpc) is 3.12. The van der Waals surface area contributed by atoms with Gasteiger partial charge in [0.1, 0.15) is 0 Å². The summed E-state index contributed by atoms with van der Waals surface area (Å²) >= 11 is 0. The smallest absolute Gasteiger partial charge is 0.179 e. The maximum absolute atomic E-state index is 4.76. The number of nitrogens with zero attached hydrogens (tertiary/aromatic N) is 4. The Hall–Kier alpha value is -2.23. The minimum absolute atomic E-state index is 0.258. The van der Waals surface area contributed by atoms with E-state index in [0.29, 0.717) is 12.0 Å². The lowest BCUT2D eigenvalue weighted by atomic mass is 9.88. The molecule has 1 atom stereocenters. The van der Waals surface area contributed by atoms with Crippen LogP contribution < -0.4 is 4.90 Å². The van der Waals surface area contributed by atoms with Crippen LogP contribution in [0, 0.1) is 5.92 Å². The van der Waals surface area contributed by atoms with Crippen molar-refractivity contribution in [2.24, 2.45) is 5.92 Å². The van der Waals surface area contributed by atoms with Gasteiger partial charge in [0.15, 0.2) is 11.5 Å². The summed E-state index contributed by atoms with van der Waals surface area (Å²) in [5.41, 5.74) is 2.18. The van der Waals surface area contributed by atoms with Crippen LogP contribution in [0.1, 0.15) is 33.5 Å². The third-order valence-electron chi connectivity index (χ3n) is 4.87. The molecule has 1 aromatic carbocycles. The molecule has 0 saturated heterocycles. The van der Waals surface area contributed by atoms with Crippen LogP contribution in [0.4, 0.5) is 5.69 Å². The molecule has 4 nitrogen and oxygen atoms in total. The maximum atomic E-state index is 4.76. The summed E-state index contributed by atoms with van der Waals surface area (Å²) in [5.74, 6) is 1.49. The molecule has 0 N–H and O–H groups in total. The van der Waals surface area contributed by atoms with Crippen molar-refractivity contribution < 1.29 is 0 Å². The molecular formula is C18H22N4. The normalized spacial score (nSPS) is 22.3. The van der Waals surface area contributed by atoms with E-state index in [9.17, 15) is 0 Å². The fraction of sp³-hybridized carbons (Fsp3) is 0.389. The van der Waals surface area contributed by atoms with Crippen molar-refractivity contribution >= 4 is 5.69 Å². The predicted octanol–water partition coefficient (Wildman–Crippen LogP) is 3.70. The van der Waals surface area contributed by atoms with E-state index in [1.54, 1.807) is 0 Å². The highest BCUT2D eigenvalue weighted by Crippen LogP contribution is 2.51. The molecule has 114 valence electrons. The molecule has 22 heavy (non-hydrogen) atoms. The second-order valence-electron chi connectivity index (χ2n) is 6.66. The molecule has 0 aliphatic carbocycles. The Balaban J connectivity index is 2.06. The van der Waals surface area contributed by atoms with Gasteiger partial charge in [-0.1, -0.05) is 26.0 Å². The van der Waals surface area contributed by atoms with Gasteiger partial charge in [-0.15, -0.1) is 0 Å². The van der Waals surface area contributed by atoms with Gasteiger partial charge in [-0.05, 0) is 26.0 Å².